The van der Waals surface area contributed by atoms with Crippen molar-refractivity contribution in [1.82, 2.24) is 15.3 Å². The number of nitrogens with one attached hydrogen (secondary N) is 2. The van der Waals surface area contributed by atoms with Crippen LogP contribution in [0.25, 0.3) is 0 Å². The van der Waals surface area contributed by atoms with Gasteiger partial charge in [0, 0.05) is 5.69 Å². The van der Waals surface area contributed by atoms with Crippen LogP contribution in [0.3, 0.4) is 0 Å². The van der Waals surface area contributed by atoms with E-state index in [1.807, 2.05) is 61.5 Å². The number of hydrogen-bond donors (Lipinski definition) is 2. The number of carbonyl (C=O) groups is 2. The average Bonchev–Trinajstić information content (AvgIpc) is 2.73. The summed E-state index contributed by atoms with van der Waals surface area (Å²) in [4.78, 5) is 33.5. The number of anilines is 1. The second-order valence-electron chi connectivity index (χ2n) is 7.29. The molecule has 3 aromatic rings. The van der Waals surface area contributed by atoms with Gasteiger partial charge in [-0.1, -0.05) is 55.3 Å². The van der Waals surface area contributed by atoms with Crippen LogP contribution in [0.2, 0.25) is 5.15 Å². The summed E-state index contributed by atoms with van der Waals surface area (Å²) in [6.07, 6.45) is 1.31. The Hall–Kier alpha value is -3.45. The van der Waals surface area contributed by atoms with Crippen LogP contribution >= 0.6 is 11.6 Å². The zero-order valence-corrected chi connectivity index (χ0v) is 18.7. The first kappa shape index (κ1) is 23.2. The topological polar surface area (TPSA) is 93.2 Å². The summed E-state index contributed by atoms with van der Waals surface area (Å²) in [5.74, 6) is 0.813. The summed E-state index contributed by atoms with van der Waals surface area (Å²) in [5.41, 5.74) is 1.41. The molecule has 1 aromatic heterocycles. The van der Waals surface area contributed by atoms with Crippen molar-refractivity contribution >= 4 is 29.4 Å². The molecule has 0 saturated heterocycles. The van der Waals surface area contributed by atoms with Crippen LogP contribution in [0, 0.1) is 6.92 Å². The summed E-state index contributed by atoms with van der Waals surface area (Å²) in [5, 5.41) is 5.68. The number of aromatic nitrogens is 2. The Morgan fingerprint density at radius 1 is 1.03 bits per heavy atom. The number of amides is 2. The maximum atomic E-state index is 12.7. The van der Waals surface area contributed by atoms with E-state index in [0.29, 0.717) is 30.0 Å². The van der Waals surface area contributed by atoms with E-state index in [2.05, 4.69) is 20.6 Å². The highest BCUT2D eigenvalue weighted by Gasteiger charge is 2.21. The molecular weight excluding hydrogens is 428 g/mol. The van der Waals surface area contributed by atoms with Crippen LogP contribution in [-0.2, 0) is 16.0 Å². The van der Waals surface area contributed by atoms with E-state index in [-0.39, 0.29) is 29.3 Å². The number of nitrogens with zero attached hydrogens (tertiary/aromatic N) is 2. The summed E-state index contributed by atoms with van der Waals surface area (Å²) < 4.78 is 5.82. The van der Waals surface area contributed by atoms with E-state index in [1.54, 1.807) is 13.0 Å². The Kier molecular flexibility index (Phi) is 8.16. The van der Waals surface area contributed by atoms with Gasteiger partial charge < -0.3 is 10.1 Å². The molecule has 2 aromatic carbocycles. The number of ether oxygens (including phenoxy) is 1. The molecule has 0 radical (unpaired) electrons. The summed E-state index contributed by atoms with van der Waals surface area (Å²) in [6.45, 7) is 3.70. The molecule has 0 saturated carbocycles. The minimum absolute atomic E-state index is 0.112. The second-order valence-corrected chi connectivity index (χ2v) is 7.68. The quantitative estimate of drug-likeness (QED) is 0.459. The molecule has 2 N–H and O–H groups in total. The monoisotopic (exact) mass is 452 g/mol. The molecule has 3 rings (SSSR count). The number of para-hydroxylation sites is 1. The summed E-state index contributed by atoms with van der Waals surface area (Å²) >= 11 is 5.93. The van der Waals surface area contributed by atoms with E-state index in [1.165, 1.54) is 0 Å². The van der Waals surface area contributed by atoms with Gasteiger partial charge in [-0.25, -0.2) is 9.97 Å². The van der Waals surface area contributed by atoms with Crippen LogP contribution < -0.4 is 15.4 Å². The minimum atomic E-state index is -0.709. The van der Waals surface area contributed by atoms with Crippen molar-refractivity contribution in [2.75, 3.05) is 5.32 Å². The lowest BCUT2D eigenvalue weighted by Gasteiger charge is -2.17. The Bertz CT molecular complexity index is 1060. The molecule has 0 spiro atoms. The smallest absolute Gasteiger partial charge is 0.249 e. The molecule has 0 fully saturated rings. The van der Waals surface area contributed by atoms with Gasteiger partial charge in [0.25, 0.3) is 0 Å². The number of benzene rings is 2. The first-order valence-electron chi connectivity index (χ1n) is 10.4. The van der Waals surface area contributed by atoms with Crippen molar-refractivity contribution in [3.05, 3.63) is 77.1 Å². The van der Waals surface area contributed by atoms with Gasteiger partial charge >= 0.3 is 0 Å². The van der Waals surface area contributed by atoms with Crippen molar-refractivity contribution in [1.29, 1.82) is 0 Å². The van der Waals surface area contributed by atoms with Gasteiger partial charge in [-0.3, -0.25) is 14.9 Å². The second kappa shape index (κ2) is 11.2. The summed E-state index contributed by atoms with van der Waals surface area (Å²) in [6, 6.07) is 17.6. The average molecular weight is 453 g/mol. The summed E-state index contributed by atoms with van der Waals surface area (Å²) in [7, 11) is 0. The molecule has 0 aliphatic carbocycles. The van der Waals surface area contributed by atoms with E-state index >= 15 is 0 Å². The lowest BCUT2D eigenvalue weighted by Crippen LogP contribution is -2.44. The molecule has 8 heteroatoms. The molecular formula is C24H25ClN4O3. The van der Waals surface area contributed by atoms with Gasteiger partial charge in [0.2, 0.25) is 17.8 Å². The third kappa shape index (κ3) is 7.06. The largest absolute Gasteiger partial charge is 0.457 e. The molecule has 166 valence electrons. The molecule has 1 atom stereocenters. The Morgan fingerprint density at radius 2 is 1.78 bits per heavy atom. The lowest BCUT2D eigenvalue weighted by molar-refractivity contribution is -0.126. The maximum absolute atomic E-state index is 12.7. The highest BCUT2D eigenvalue weighted by molar-refractivity contribution is 6.29. The third-order valence-electron chi connectivity index (χ3n) is 4.53. The van der Waals surface area contributed by atoms with Gasteiger partial charge in [0.15, 0.2) is 0 Å². The fourth-order valence-electron chi connectivity index (χ4n) is 3.12. The van der Waals surface area contributed by atoms with Crippen LogP contribution in [0.15, 0.2) is 60.7 Å². The van der Waals surface area contributed by atoms with Gasteiger partial charge in [-0.05, 0) is 49.2 Å². The molecule has 0 bridgehead atoms. The first-order valence-corrected chi connectivity index (χ1v) is 10.7. The van der Waals surface area contributed by atoms with E-state index < -0.39 is 6.04 Å². The highest BCUT2D eigenvalue weighted by Crippen LogP contribution is 2.22. The van der Waals surface area contributed by atoms with Gasteiger partial charge in [0.1, 0.15) is 22.7 Å². The molecule has 32 heavy (non-hydrogen) atoms. The van der Waals surface area contributed by atoms with Gasteiger partial charge in [-0.15, -0.1) is 0 Å². The Balaban J connectivity index is 1.62. The van der Waals surface area contributed by atoms with Crippen molar-refractivity contribution in [2.24, 2.45) is 0 Å². The van der Waals surface area contributed by atoms with Crippen molar-refractivity contribution in [3.8, 4) is 11.5 Å². The number of halogens is 1. The van der Waals surface area contributed by atoms with Crippen LogP contribution in [0.1, 0.15) is 31.0 Å². The number of hydrogen-bond acceptors (Lipinski definition) is 5. The SMILES string of the molecule is CCCC(NC(=O)Cc1cccc(Oc2ccccc2)c1)C(=O)Nc1nc(C)cc(Cl)n1. The van der Waals surface area contributed by atoms with Crippen LogP contribution in [0.5, 0.6) is 11.5 Å². The fraction of sp³-hybridized carbons (Fsp3) is 0.250. The normalized spacial score (nSPS) is 11.5. The molecule has 0 aliphatic rings. The van der Waals surface area contributed by atoms with Crippen molar-refractivity contribution in [3.63, 3.8) is 0 Å². The van der Waals surface area contributed by atoms with Gasteiger partial charge in [0.05, 0.1) is 6.42 Å². The molecule has 0 aliphatic heterocycles. The van der Waals surface area contributed by atoms with Crippen LogP contribution in [-0.4, -0.2) is 27.8 Å². The predicted octanol–water partition coefficient (Wildman–Crippen LogP) is 4.70. The van der Waals surface area contributed by atoms with Crippen LogP contribution in [0.4, 0.5) is 5.95 Å². The standard InChI is InChI=1S/C24H25ClN4O3/c1-3-8-20(23(31)29-24-26-16(2)13-21(25)28-24)27-22(30)15-17-9-7-12-19(14-17)32-18-10-5-4-6-11-18/h4-7,9-14,20H,3,8,15H2,1-2H3,(H,27,30)(H,26,28,29,31). The molecule has 2 amide bonds. The maximum Gasteiger partial charge on any atom is 0.249 e. The third-order valence-corrected chi connectivity index (χ3v) is 4.72. The van der Waals surface area contributed by atoms with E-state index in [9.17, 15) is 9.59 Å². The molecule has 1 heterocycles. The van der Waals surface area contributed by atoms with E-state index in [4.69, 9.17) is 16.3 Å². The number of carbonyl (C=O) groups excluding carboxylic acids is 2. The lowest BCUT2D eigenvalue weighted by atomic mass is 10.1. The number of rotatable bonds is 9. The highest BCUT2D eigenvalue weighted by atomic mass is 35.5. The van der Waals surface area contributed by atoms with Crippen molar-refractivity contribution in [2.45, 2.75) is 39.2 Å². The van der Waals surface area contributed by atoms with E-state index in [0.717, 1.165) is 5.56 Å². The Labute approximate surface area is 192 Å². The molecule has 1 unspecified atom stereocenters. The fourth-order valence-corrected chi connectivity index (χ4v) is 3.35. The first-order chi connectivity index (χ1) is 15.4. The number of aryl methyl sites for hydroxylation is 1. The zero-order chi connectivity index (χ0) is 22.9. The molecule has 7 nitrogen and oxygen atoms in total. The zero-order valence-electron chi connectivity index (χ0n) is 18.0. The minimum Gasteiger partial charge on any atom is -0.457 e. The predicted molar refractivity (Wildman–Crippen MR) is 124 cm³/mol. The Morgan fingerprint density at radius 3 is 2.50 bits per heavy atom. The van der Waals surface area contributed by atoms with Crippen molar-refractivity contribution < 1.29 is 14.3 Å². The van der Waals surface area contributed by atoms with Gasteiger partial charge in [-0.2, -0.15) is 0 Å².